The average Bonchev–Trinajstić information content (AvgIpc) is 2.63. The second kappa shape index (κ2) is 7.82. The van der Waals surface area contributed by atoms with Crippen LogP contribution in [0.5, 0.6) is 0 Å². The van der Waals surface area contributed by atoms with Crippen molar-refractivity contribution in [2.45, 2.75) is 6.92 Å². The molecule has 0 atom stereocenters. The van der Waals surface area contributed by atoms with Crippen molar-refractivity contribution in [1.29, 1.82) is 0 Å². The van der Waals surface area contributed by atoms with Crippen molar-refractivity contribution in [1.82, 2.24) is 9.88 Å². The molecule has 0 unspecified atom stereocenters. The molecule has 1 saturated heterocycles. The summed E-state index contributed by atoms with van der Waals surface area (Å²) in [5.74, 6) is -0.262. The zero-order valence-corrected chi connectivity index (χ0v) is 15.8. The molecule has 1 fully saturated rings. The maximum atomic E-state index is 13.7. The summed E-state index contributed by atoms with van der Waals surface area (Å²) in [4.78, 5) is 32.0. The summed E-state index contributed by atoms with van der Waals surface area (Å²) < 4.78 is 14.7. The van der Waals surface area contributed by atoms with Crippen LogP contribution in [0, 0.1) is 5.82 Å². The first kappa shape index (κ1) is 18.3. The van der Waals surface area contributed by atoms with Crippen LogP contribution in [0.4, 0.5) is 15.9 Å². The van der Waals surface area contributed by atoms with Gasteiger partial charge in [0, 0.05) is 49.3 Å². The van der Waals surface area contributed by atoms with E-state index in [9.17, 15) is 14.0 Å². The number of carbonyl (C=O) groups excluding carboxylic acids is 2. The Bertz CT molecular complexity index is 820. The number of carbonyl (C=O) groups is 2. The minimum absolute atomic E-state index is 0.0149. The van der Waals surface area contributed by atoms with Crippen molar-refractivity contribution >= 4 is 39.2 Å². The third kappa shape index (κ3) is 4.19. The van der Waals surface area contributed by atoms with Gasteiger partial charge in [0.1, 0.15) is 11.6 Å². The number of anilines is 2. The minimum Gasteiger partial charge on any atom is -0.353 e. The number of pyridine rings is 1. The number of halogens is 2. The smallest absolute Gasteiger partial charge is 0.254 e. The molecule has 2 aromatic rings. The normalized spacial score (nSPS) is 14.3. The van der Waals surface area contributed by atoms with Gasteiger partial charge in [-0.1, -0.05) is 0 Å². The number of nitrogens with zero attached hydrogens (tertiary/aromatic N) is 3. The second-order valence-corrected chi connectivity index (χ2v) is 6.91. The molecule has 136 valence electrons. The molecule has 1 aliphatic rings. The van der Waals surface area contributed by atoms with Gasteiger partial charge in [0.15, 0.2) is 0 Å². The van der Waals surface area contributed by atoms with Crippen molar-refractivity contribution in [3.8, 4) is 0 Å². The molecule has 1 aromatic carbocycles. The molecule has 6 nitrogen and oxygen atoms in total. The van der Waals surface area contributed by atoms with Gasteiger partial charge in [0.25, 0.3) is 5.91 Å². The standard InChI is InChI=1S/C18H18BrFN4O2/c1-12(25)22-16-10-13(2-4-15(16)20)18(26)24-8-6-23(7-9-24)17-5-3-14(19)11-21-17/h2-5,10-11H,6-9H2,1H3,(H,22,25). The molecule has 2 heterocycles. The van der Waals surface area contributed by atoms with E-state index in [1.54, 1.807) is 11.1 Å². The minimum atomic E-state index is -0.567. The first-order valence-electron chi connectivity index (χ1n) is 8.17. The fourth-order valence-corrected chi connectivity index (χ4v) is 3.05. The van der Waals surface area contributed by atoms with E-state index in [0.717, 1.165) is 10.3 Å². The predicted molar refractivity (Wildman–Crippen MR) is 101 cm³/mol. The van der Waals surface area contributed by atoms with Crippen LogP contribution in [0.1, 0.15) is 17.3 Å². The molecule has 1 aliphatic heterocycles. The number of amides is 2. The highest BCUT2D eigenvalue weighted by molar-refractivity contribution is 9.10. The summed E-state index contributed by atoms with van der Waals surface area (Å²) in [5.41, 5.74) is 0.367. The fraction of sp³-hybridized carbons (Fsp3) is 0.278. The van der Waals surface area contributed by atoms with E-state index in [1.165, 1.54) is 25.1 Å². The van der Waals surface area contributed by atoms with Crippen LogP contribution < -0.4 is 10.2 Å². The Hall–Kier alpha value is -2.48. The van der Waals surface area contributed by atoms with Gasteiger partial charge in [0.2, 0.25) is 5.91 Å². The Morgan fingerprint density at radius 3 is 2.50 bits per heavy atom. The lowest BCUT2D eigenvalue weighted by Crippen LogP contribution is -2.49. The van der Waals surface area contributed by atoms with E-state index in [1.807, 2.05) is 12.1 Å². The van der Waals surface area contributed by atoms with E-state index in [4.69, 9.17) is 0 Å². The highest BCUT2D eigenvalue weighted by Gasteiger charge is 2.23. The Kier molecular flexibility index (Phi) is 5.51. The number of hydrogen-bond donors (Lipinski definition) is 1. The van der Waals surface area contributed by atoms with E-state index in [0.29, 0.717) is 31.7 Å². The quantitative estimate of drug-likeness (QED) is 0.828. The zero-order valence-electron chi connectivity index (χ0n) is 14.2. The van der Waals surface area contributed by atoms with Crippen molar-refractivity contribution in [2.75, 3.05) is 36.4 Å². The van der Waals surface area contributed by atoms with E-state index < -0.39 is 5.82 Å². The number of piperazine rings is 1. The predicted octanol–water partition coefficient (Wildman–Crippen LogP) is 2.90. The molecular formula is C18H18BrFN4O2. The maximum Gasteiger partial charge on any atom is 0.254 e. The molecule has 1 N–H and O–H groups in total. The number of aromatic nitrogens is 1. The Balaban J connectivity index is 1.66. The molecule has 1 aromatic heterocycles. The van der Waals surface area contributed by atoms with Gasteiger partial charge < -0.3 is 15.1 Å². The summed E-state index contributed by atoms with van der Waals surface area (Å²) in [7, 11) is 0. The summed E-state index contributed by atoms with van der Waals surface area (Å²) in [6.07, 6.45) is 1.74. The molecule has 0 spiro atoms. The van der Waals surface area contributed by atoms with Crippen molar-refractivity contribution in [2.24, 2.45) is 0 Å². The van der Waals surface area contributed by atoms with Crippen molar-refractivity contribution in [3.63, 3.8) is 0 Å². The average molecular weight is 421 g/mol. The maximum absolute atomic E-state index is 13.7. The Morgan fingerprint density at radius 2 is 1.88 bits per heavy atom. The summed E-state index contributed by atoms with van der Waals surface area (Å²) in [5, 5.41) is 2.40. The number of hydrogen-bond acceptors (Lipinski definition) is 4. The van der Waals surface area contributed by atoms with Gasteiger partial charge in [-0.05, 0) is 46.3 Å². The third-order valence-corrected chi connectivity index (χ3v) is 4.60. The van der Waals surface area contributed by atoms with Gasteiger partial charge >= 0.3 is 0 Å². The van der Waals surface area contributed by atoms with Crippen LogP contribution in [0.2, 0.25) is 0 Å². The van der Waals surface area contributed by atoms with E-state index in [-0.39, 0.29) is 17.5 Å². The van der Waals surface area contributed by atoms with Gasteiger partial charge in [-0.2, -0.15) is 0 Å². The topological polar surface area (TPSA) is 65.5 Å². The van der Waals surface area contributed by atoms with Crippen molar-refractivity contribution in [3.05, 3.63) is 52.4 Å². The fourth-order valence-electron chi connectivity index (χ4n) is 2.82. The lowest BCUT2D eigenvalue weighted by molar-refractivity contribution is -0.114. The van der Waals surface area contributed by atoms with E-state index >= 15 is 0 Å². The van der Waals surface area contributed by atoms with Gasteiger partial charge in [-0.25, -0.2) is 9.37 Å². The molecule has 0 radical (unpaired) electrons. The largest absolute Gasteiger partial charge is 0.353 e. The van der Waals surface area contributed by atoms with Gasteiger partial charge in [-0.15, -0.1) is 0 Å². The molecule has 0 aliphatic carbocycles. The molecule has 8 heteroatoms. The first-order valence-corrected chi connectivity index (χ1v) is 8.96. The molecule has 0 saturated carbocycles. The SMILES string of the molecule is CC(=O)Nc1cc(C(=O)N2CCN(c3ccc(Br)cn3)CC2)ccc1F. The Morgan fingerprint density at radius 1 is 1.15 bits per heavy atom. The zero-order chi connectivity index (χ0) is 18.7. The number of benzene rings is 1. The highest BCUT2D eigenvalue weighted by atomic mass is 79.9. The lowest BCUT2D eigenvalue weighted by atomic mass is 10.1. The second-order valence-electron chi connectivity index (χ2n) is 5.99. The Labute approximate surface area is 159 Å². The van der Waals surface area contributed by atoms with Crippen molar-refractivity contribution < 1.29 is 14.0 Å². The van der Waals surface area contributed by atoms with Crippen LogP contribution in [-0.2, 0) is 4.79 Å². The van der Waals surface area contributed by atoms with Crippen LogP contribution in [0.25, 0.3) is 0 Å². The van der Waals surface area contributed by atoms with Crippen LogP contribution in [0.15, 0.2) is 41.0 Å². The van der Waals surface area contributed by atoms with Gasteiger partial charge in [-0.3, -0.25) is 9.59 Å². The van der Waals surface area contributed by atoms with Crippen LogP contribution in [0.3, 0.4) is 0 Å². The summed E-state index contributed by atoms with van der Waals surface area (Å²) in [6.45, 7) is 3.72. The monoisotopic (exact) mass is 420 g/mol. The highest BCUT2D eigenvalue weighted by Crippen LogP contribution is 2.20. The van der Waals surface area contributed by atoms with Crippen LogP contribution >= 0.6 is 15.9 Å². The lowest BCUT2D eigenvalue weighted by Gasteiger charge is -2.35. The third-order valence-electron chi connectivity index (χ3n) is 4.13. The molecule has 0 bridgehead atoms. The summed E-state index contributed by atoms with van der Waals surface area (Å²) in [6, 6.07) is 7.87. The number of nitrogens with one attached hydrogen (secondary N) is 1. The first-order chi connectivity index (χ1) is 12.4. The number of rotatable bonds is 3. The van der Waals surface area contributed by atoms with Crippen LogP contribution in [-0.4, -0.2) is 47.9 Å². The molecule has 2 amide bonds. The van der Waals surface area contributed by atoms with Gasteiger partial charge in [0.05, 0.1) is 5.69 Å². The molecular weight excluding hydrogens is 403 g/mol. The van der Waals surface area contributed by atoms with E-state index in [2.05, 4.69) is 31.1 Å². The molecule has 26 heavy (non-hydrogen) atoms. The molecule has 3 rings (SSSR count). The summed E-state index contributed by atoms with van der Waals surface area (Å²) >= 11 is 3.36.